The topological polar surface area (TPSA) is 21.3 Å². The van der Waals surface area contributed by atoms with E-state index in [1.165, 1.54) is 12.5 Å². The molecule has 0 saturated heterocycles. The fraction of sp³-hybridized carbons (Fsp3) is 0.429. The Morgan fingerprint density at radius 3 is 3.00 bits per heavy atom. The standard InChI is InChI=1S/C14H15F2NO/c15-14(16)18-11-5-2-4-10(8-11)17-13-7-9-3-1-6-12(9)13/h1-2,4-6,8-9,12-14,17H,3,7H2. The average Bonchev–Trinajstić information content (AvgIpc) is 2.67. The Hall–Kier alpha value is -1.58. The molecule has 1 aromatic carbocycles. The third kappa shape index (κ3) is 2.19. The molecule has 4 heteroatoms. The molecule has 2 aliphatic rings. The first-order valence-corrected chi connectivity index (χ1v) is 6.20. The van der Waals surface area contributed by atoms with Crippen molar-refractivity contribution in [1.29, 1.82) is 0 Å². The third-order valence-corrected chi connectivity index (χ3v) is 3.77. The van der Waals surface area contributed by atoms with Crippen molar-refractivity contribution in [2.24, 2.45) is 11.8 Å². The number of hydrogen-bond donors (Lipinski definition) is 1. The highest BCUT2D eigenvalue weighted by atomic mass is 19.3. The van der Waals surface area contributed by atoms with Gasteiger partial charge in [-0.3, -0.25) is 0 Å². The van der Waals surface area contributed by atoms with Gasteiger partial charge in [0.2, 0.25) is 0 Å². The molecule has 1 aromatic rings. The van der Waals surface area contributed by atoms with Crippen molar-refractivity contribution in [3.8, 4) is 5.75 Å². The summed E-state index contributed by atoms with van der Waals surface area (Å²) in [6.45, 7) is -2.77. The predicted molar refractivity (Wildman–Crippen MR) is 65.8 cm³/mol. The van der Waals surface area contributed by atoms with Crippen molar-refractivity contribution in [1.82, 2.24) is 0 Å². The highest BCUT2D eigenvalue weighted by molar-refractivity contribution is 5.49. The van der Waals surface area contributed by atoms with Gasteiger partial charge >= 0.3 is 6.61 Å². The molecule has 1 fully saturated rings. The minimum atomic E-state index is -2.77. The van der Waals surface area contributed by atoms with Crippen molar-refractivity contribution in [3.63, 3.8) is 0 Å². The van der Waals surface area contributed by atoms with Gasteiger partial charge in [0.05, 0.1) is 0 Å². The van der Waals surface area contributed by atoms with Gasteiger partial charge in [0.25, 0.3) is 0 Å². The van der Waals surface area contributed by atoms with Crippen LogP contribution in [0.2, 0.25) is 0 Å². The van der Waals surface area contributed by atoms with Gasteiger partial charge in [-0.1, -0.05) is 18.2 Å². The van der Waals surface area contributed by atoms with Gasteiger partial charge in [0.15, 0.2) is 0 Å². The van der Waals surface area contributed by atoms with Crippen molar-refractivity contribution in [2.45, 2.75) is 25.5 Å². The molecule has 2 nitrogen and oxygen atoms in total. The molecule has 0 spiro atoms. The maximum Gasteiger partial charge on any atom is 0.387 e. The number of halogens is 2. The molecule has 3 atom stereocenters. The molecule has 1 saturated carbocycles. The fourth-order valence-electron chi connectivity index (χ4n) is 2.86. The lowest BCUT2D eigenvalue weighted by molar-refractivity contribution is -0.0498. The molecule has 0 radical (unpaired) electrons. The van der Waals surface area contributed by atoms with Crippen LogP contribution in [-0.2, 0) is 0 Å². The van der Waals surface area contributed by atoms with Crippen molar-refractivity contribution < 1.29 is 13.5 Å². The summed E-state index contributed by atoms with van der Waals surface area (Å²) in [7, 11) is 0. The van der Waals surface area contributed by atoms with Gasteiger partial charge in [0.1, 0.15) is 5.75 Å². The summed E-state index contributed by atoms with van der Waals surface area (Å²) in [6, 6.07) is 7.19. The molecule has 0 amide bonds. The van der Waals surface area contributed by atoms with E-state index < -0.39 is 6.61 Å². The molecule has 0 aliphatic heterocycles. The first kappa shape index (κ1) is 11.5. The molecule has 96 valence electrons. The van der Waals surface area contributed by atoms with E-state index in [4.69, 9.17) is 0 Å². The number of alkyl halides is 2. The van der Waals surface area contributed by atoms with Crippen LogP contribution in [0.25, 0.3) is 0 Å². The van der Waals surface area contributed by atoms with Crippen LogP contribution in [0.1, 0.15) is 12.8 Å². The summed E-state index contributed by atoms with van der Waals surface area (Å²) in [4.78, 5) is 0. The SMILES string of the molecule is FC(F)Oc1cccc(NC2CC3CC=CC32)c1. The first-order chi connectivity index (χ1) is 8.72. The van der Waals surface area contributed by atoms with Gasteiger partial charge in [0, 0.05) is 23.7 Å². The Kier molecular flexibility index (Phi) is 2.94. The van der Waals surface area contributed by atoms with E-state index in [1.54, 1.807) is 12.1 Å². The normalized spacial score (nSPS) is 28.9. The highest BCUT2D eigenvalue weighted by Crippen LogP contribution is 2.44. The van der Waals surface area contributed by atoms with Crippen LogP contribution in [0, 0.1) is 11.8 Å². The van der Waals surface area contributed by atoms with E-state index in [1.807, 2.05) is 6.07 Å². The summed E-state index contributed by atoms with van der Waals surface area (Å²) < 4.78 is 28.6. The zero-order chi connectivity index (χ0) is 12.5. The van der Waals surface area contributed by atoms with E-state index in [0.717, 1.165) is 18.0 Å². The fourth-order valence-corrected chi connectivity index (χ4v) is 2.86. The molecule has 0 heterocycles. The minimum absolute atomic E-state index is 0.202. The molecule has 18 heavy (non-hydrogen) atoms. The molecule has 0 aromatic heterocycles. The Balaban J connectivity index is 1.64. The summed E-state index contributed by atoms with van der Waals surface area (Å²) in [5, 5.41) is 3.39. The lowest BCUT2D eigenvalue weighted by Crippen LogP contribution is -2.43. The van der Waals surface area contributed by atoms with Crippen LogP contribution in [0.4, 0.5) is 14.5 Å². The summed E-state index contributed by atoms with van der Waals surface area (Å²) >= 11 is 0. The number of hydrogen-bond acceptors (Lipinski definition) is 2. The molecule has 2 aliphatic carbocycles. The second kappa shape index (κ2) is 4.59. The number of nitrogens with one attached hydrogen (secondary N) is 1. The van der Waals surface area contributed by atoms with E-state index in [0.29, 0.717) is 12.0 Å². The van der Waals surface area contributed by atoms with Gasteiger partial charge in [-0.2, -0.15) is 8.78 Å². The molecule has 3 rings (SSSR count). The van der Waals surface area contributed by atoms with Crippen LogP contribution in [0.15, 0.2) is 36.4 Å². The predicted octanol–water partition coefficient (Wildman–Crippen LogP) is 3.66. The zero-order valence-corrected chi connectivity index (χ0v) is 9.85. The van der Waals surface area contributed by atoms with Crippen LogP contribution < -0.4 is 10.1 Å². The van der Waals surface area contributed by atoms with Crippen LogP contribution >= 0.6 is 0 Å². The van der Waals surface area contributed by atoms with E-state index in [9.17, 15) is 8.78 Å². The Morgan fingerprint density at radius 1 is 1.33 bits per heavy atom. The summed E-state index contributed by atoms with van der Waals surface area (Å²) in [6.07, 6.45) is 6.81. The second-order valence-electron chi connectivity index (χ2n) is 4.89. The second-order valence-corrected chi connectivity index (χ2v) is 4.89. The van der Waals surface area contributed by atoms with Gasteiger partial charge in [-0.05, 0) is 30.9 Å². The summed E-state index contributed by atoms with van der Waals surface area (Å²) in [5.41, 5.74) is 0.844. The van der Waals surface area contributed by atoms with Gasteiger partial charge < -0.3 is 10.1 Å². The Morgan fingerprint density at radius 2 is 2.22 bits per heavy atom. The number of rotatable bonds is 4. The number of ether oxygens (including phenoxy) is 1. The zero-order valence-electron chi connectivity index (χ0n) is 9.85. The van der Waals surface area contributed by atoms with Crippen molar-refractivity contribution in [3.05, 3.63) is 36.4 Å². The number of allylic oxidation sites excluding steroid dienone is 1. The number of anilines is 1. The minimum Gasteiger partial charge on any atom is -0.435 e. The number of fused-ring (bicyclic) bond motifs is 1. The quantitative estimate of drug-likeness (QED) is 0.824. The van der Waals surface area contributed by atoms with Crippen molar-refractivity contribution in [2.75, 3.05) is 5.32 Å². The first-order valence-electron chi connectivity index (χ1n) is 6.20. The lowest BCUT2D eigenvalue weighted by atomic mass is 9.71. The number of benzene rings is 1. The van der Waals surface area contributed by atoms with E-state index in [2.05, 4.69) is 22.2 Å². The smallest absolute Gasteiger partial charge is 0.387 e. The molecule has 3 unspecified atom stereocenters. The van der Waals surface area contributed by atoms with Gasteiger partial charge in [-0.15, -0.1) is 0 Å². The van der Waals surface area contributed by atoms with Crippen molar-refractivity contribution >= 4 is 5.69 Å². The maximum absolute atomic E-state index is 12.1. The largest absolute Gasteiger partial charge is 0.435 e. The average molecular weight is 251 g/mol. The Labute approximate surface area is 105 Å². The third-order valence-electron chi connectivity index (χ3n) is 3.77. The molecular weight excluding hydrogens is 236 g/mol. The van der Waals surface area contributed by atoms with Crippen LogP contribution in [0.5, 0.6) is 5.75 Å². The molecular formula is C14H15F2NO. The van der Waals surface area contributed by atoms with E-state index in [-0.39, 0.29) is 5.75 Å². The molecule has 1 N–H and O–H groups in total. The highest BCUT2D eigenvalue weighted by Gasteiger charge is 2.40. The summed E-state index contributed by atoms with van der Waals surface area (Å²) in [5.74, 6) is 1.58. The monoisotopic (exact) mass is 251 g/mol. The van der Waals surface area contributed by atoms with Gasteiger partial charge in [-0.25, -0.2) is 0 Å². The maximum atomic E-state index is 12.1. The molecule has 0 bridgehead atoms. The van der Waals surface area contributed by atoms with Crippen LogP contribution in [0.3, 0.4) is 0 Å². The van der Waals surface area contributed by atoms with Crippen LogP contribution in [-0.4, -0.2) is 12.7 Å². The van der Waals surface area contributed by atoms with E-state index >= 15 is 0 Å². The lowest BCUT2D eigenvalue weighted by Gasteiger charge is -2.41. The Bertz CT molecular complexity index is 461.